The monoisotopic (exact) mass is 424 g/mol. The number of carbonyl (C=O) groups excluding carboxylic acids is 2. The fourth-order valence-electron chi connectivity index (χ4n) is 3.41. The van der Waals surface area contributed by atoms with E-state index in [0.29, 0.717) is 30.2 Å². The summed E-state index contributed by atoms with van der Waals surface area (Å²) in [5.74, 6) is 0.136. The van der Waals surface area contributed by atoms with Gasteiger partial charge in [0.15, 0.2) is 0 Å². The molecule has 2 aromatic carbocycles. The third kappa shape index (κ3) is 5.04. The number of hydrogen-bond acceptors (Lipinski definition) is 6. The van der Waals surface area contributed by atoms with Gasteiger partial charge < -0.3 is 20.7 Å². The van der Waals surface area contributed by atoms with Crippen LogP contribution in [0.2, 0.25) is 0 Å². The smallest absolute Gasteiger partial charge is 0.247 e. The number of likely N-dealkylation sites (tertiary alicyclic amines) is 1. The number of anilines is 1. The molecule has 3 aromatic rings. The van der Waals surface area contributed by atoms with E-state index < -0.39 is 6.04 Å². The summed E-state index contributed by atoms with van der Waals surface area (Å²) >= 11 is 0. The summed E-state index contributed by atoms with van der Waals surface area (Å²) in [4.78, 5) is 30.7. The van der Waals surface area contributed by atoms with Gasteiger partial charge in [0.2, 0.25) is 11.8 Å². The van der Waals surface area contributed by atoms with Crippen LogP contribution in [0, 0.1) is 5.82 Å². The zero-order valence-electron chi connectivity index (χ0n) is 16.5. The fraction of sp³-hybridized carbons (Fsp3) is 0.238. The van der Waals surface area contributed by atoms with Crippen molar-refractivity contribution < 1.29 is 18.7 Å². The summed E-state index contributed by atoms with van der Waals surface area (Å²) in [5.41, 5.74) is 6.57. The van der Waals surface area contributed by atoms with Gasteiger partial charge in [-0.25, -0.2) is 14.1 Å². The van der Waals surface area contributed by atoms with E-state index in [1.807, 2.05) is 0 Å². The molecule has 0 bridgehead atoms. The molecule has 31 heavy (non-hydrogen) atoms. The molecule has 4 rings (SSSR count). The number of carbonyl (C=O) groups is 2. The molecular weight excluding hydrogens is 403 g/mol. The fourth-order valence-corrected chi connectivity index (χ4v) is 3.41. The minimum atomic E-state index is -0.666. The van der Waals surface area contributed by atoms with Crippen LogP contribution >= 0.6 is 0 Å². The normalized spacial score (nSPS) is 18.1. The highest BCUT2D eigenvalue weighted by atomic mass is 19.1. The number of benzene rings is 2. The molecule has 0 aliphatic carbocycles. The molecule has 0 saturated carbocycles. The van der Waals surface area contributed by atoms with E-state index in [9.17, 15) is 14.0 Å². The van der Waals surface area contributed by atoms with Gasteiger partial charge >= 0.3 is 0 Å². The standard InChI is InChI=1S/C21H21FN6O3/c22-14-1-5-17(6-2-14)31-18-7-3-16(4-8-18)26-21(30)19-9-15(23)10-28(19)20(29)11-27-13-24-12-25-27/h1-8,12-13,15,19H,9-11,23H2,(H,26,30)/t15-,19-/m0/s1. The molecule has 1 aliphatic heterocycles. The Morgan fingerprint density at radius 1 is 1.13 bits per heavy atom. The van der Waals surface area contributed by atoms with E-state index in [1.165, 1.54) is 46.5 Å². The average molecular weight is 424 g/mol. The number of aromatic nitrogens is 3. The van der Waals surface area contributed by atoms with Gasteiger partial charge in [-0.15, -0.1) is 0 Å². The summed E-state index contributed by atoms with van der Waals surface area (Å²) in [6.07, 6.45) is 3.16. The Hall–Kier alpha value is -3.79. The Labute approximate surface area is 177 Å². The van der Waals surface area contributed by atoms with Gasteiger partial charge in [0, 0.05) is 18.3 Å². The van der Waals surface area contributed by atoms with Crippen molar-refractivity contribution in [1.29, 1.82) is 0 Å². The van der Waals surface area contributed by atoms with E-state index in [0.717, 1.165) is 0 Å². The maximum absolute atomic E-state index is 13.0. The molecule has 9 nitrogen and oxygen atoms in total. The number of rotatable bonds is 6. The van der Waals surface area contributed by atoms with Gasteiger partial charge in [0.1, 0.15) is 42.6 Å². The maximum Gasteiger partial charge on any atom is 0.247 e. The van der Waals surface area contributed by atoms with E-state index in [4.69, 9.17) is 10.5 Å². The van der Waals surface area contributed by atoms with E-state index >= 15 is 0 Å². The van der Waals surface area contributed by atoms with Gasteiger partial charge in [0.25, 0.3) is 0 Å². The Balaban J connectivity index is 1.38. The number of nitrogens with one attached hydrogen (secondary N) is 1. The van der Waals surface area contributed by atoms with Crippen molar-refractivity contribution >= 4 is 17.5 Å². The second kappa shape index (κ2) is 8.92. The number of nitrogens with two attached hydrogens (primary N) is 1. The first-order chi connectivity index (χ1) is 15.0. The highest BCUT2D eigenvalue weighted by molar-refractivity contribution is 5.97. The van der Waals surface area contributed by atoms with Crippen LogP contribution in [0.5, 0.6) is 11.5 Å². The molecule has 3 N–H and O–H groups in total. The molecule has 2 amide bonds. The third-order valence-corrected chi connectivity index (χ3v) is 4.89. The molecule has 1 aromatic heterocycles. The van der Waals surface area contributed by atoms with Crippen molar-refractivity contribution in [3.05, 3.63) is 67.0 Å². The highest BCUT2D eigenvalue weighted by Gasteiger charge is 2.38. The predicted octanol–water partition coefficient (Wildman–Crippen LogP) is 1.78. The minimum absolute atomic E-state index is 0.00801. The average Bonchev–Trinajstić information content (AvgIpc) is 3.40. The quantitative estimate of drug-likeness (QED) is 0.623. The van der Waals surface area contributed by atoms with Crippen LogP contribution in [0.25, 0.3) is 0 Å². The van der Waals surface area contributed by atoms with Gasteiger partial charge in [-0.3, -0.25) is 9.59 Å². The third-order valence-electron chi connectivity index (χ3n) is 4.89. The van der Waals surface area contributed by atoms with Gasteiger partial charge in [0.05, 0.1) is 0 Å². The van der Waals surface area contributed by atoms with Crippen molar-refractivity contribution in [3.8, 4) is 11.5 Å². The zero-order chi connectivity index (χ0) is 21.8. The molecular formula is C21H21FN6O3. The summed E-state index contributed by atoms with van der Waals surface area (Å²) in [6, 6.07) is 11.5. The van der Waals surface area contributed by atoms with Crippen LogP contribution in [0.15, 0.2) is 61.2 Å². The maximum atomic E-state index is 13.0. The Bertz CT molecular complexity index is 1040. The lowest BCUT2D eigenvalue weighted by atomic mass is 10.1. The van der Waals surface area contributed by atoms with Crippen molar-refractivity contribution in [2.24, 2.45) is 5.73 Å². The van der Waals surface area contributed by atoms with Crippen LogP contribution in [0.4, 0.5) is 10.1 Å². The molecule has 2 atom stereocenters. The molecule has 1 fully saturated rings. The van der Waals surface area contributed by atoms with Crippen LogP contribution in [-0.4, -0.2) is 50.1 Å². The number of amides is 2. The van der Waals surface area contributed by atoms with Gasteiger partial charge in [-0.2, -0.15) is 5.10 Å². The van der Waals surface area contributed by atoms with Crippen molar-refractivity contribution in [1.82, 2.24) is 19.7 Å². The van der Waals surface area contributed by atoms with E-state index in [1.54, 1.807) is 24.3 Å². The predicted molar refractivity (Wildman–Crippen MR) is 110 cm³/mol. The van der Waals surface area contributed by atoms with Crippen LogP contribution in [0.1, 0.15) is 6.42 Å². The van der Waals surface area contributed by atoms with Crippen molar-refractivity contribution in [2.75, 3.05) is 11.9 Å². The van der Waals surface area contributed by atoms with Crippen molar-refractivity contribution in [2.45, 2.75) is 25.0 Å². The van der Waals surface area contributed by atoms with Gasteiger partial charge in [-0.05, 0) is 55.0 Å². The largest absolute Gasteiger partial charge is 0.457 e. The first-order valence-electron chi connectivity index (χ1n) is 9.70. The SMILES string of the molecule is N[C@H]1C[C@@H](C(=O)Nc2ccc(Oc3ccc(F)cc3)cc2)N(C(=O)Cn2cncn2)C1. The highest BCUT2D eigenvalue weighted by Crippen LogP contribution is 2.24. The molecule has 10 heteroatoms. The summed E-state index contributed by atoms with van der Waals surface area (Å²) in [5, 5.41) is 6.74. The lowest BCUT2D eigenvalue weighted by molar-refractivity contribution is -0.137. The Kier molecular flexibility index (Phi) is 5.89. The molecule has 1 saturated heterocycles. The summed E-state index contributed by atoms with van der Waals surface area (Å²) in [7, 11) is 0. The molecule has 160 valence electrons. The molecule has 0 radical (unpaired) electrons. The van der Waals surface area contributed by atoms with Crippen LogP contribution in [0.3, 0.4) is 0 Å². The van der Waals surface area contributed by atoms with Crippen LogP contribution in [-0.2, 0) is 16.1 Å². The number of nitrogens with zero attached hydrogens (tertiary/aromatic N) is 4. The lowest BCUT2D eigenvalue weighted by Gasteiger charge is -2.23. The molecule has 0 unspecified atom stereocenters. The summed E-state index contributed by atoms with van der Waals surface area (Å²) in [6.45, 7) is 0.294. The molecule has 1 aliphatic rings. The molecule has 0 spiro atoms. The zero-order valence-corrected chi connectivity index (χ0v) is 16.5. The minimum Gasteiger partial charge on any atom is -0.457 e. The Morgan fingerprint density at radius 3 is 2.45 bits per heavy atom. The lowest BCUT2D eigenvalue weighted by Crippen LogP contribution is -2.44. The second-order valence-corrected chi connectivity index (χ2v) is 7.22. The van der Waals surface area contributed by atoms with Crippen molar-refractivity contribution in [3.63, 3.8) is 0 Å². The van der Waals surface area contributed by atoms with E-state index in [-0.39, 0.29) is 30.2 Å². The summed E-state index contributed by atoms with van der Waals surface area (Å²) < 4.78 is 20.0. The Morgan fingerprint density at radius 2 is 1.81 bits per heavy atom. The topological polar surface area (TPSA) is 115 Å². The van der Waals surface area contributed by atoms with E-state index in [2.05, 4.69) is 15.4 Å². The number of halogens is 1. The number of ether oxygens (including phenoxy) is 1. The number of hydrogen-bond donors (Lipinski definition) is 2. The van der Waals surface area contributed by atoms with Gasteiger partial charge in [-0.1, -0.05) is 0 Å². The second-order valence-electron chi connectivity index (χ2n) is 7.22. The molecule has 2 heterocycles. The first kappa shape index (κ1) is 20.5. The first-order valence-corrected chi connectivity index (χ1v) is 9.70. The van der Waals surface area contributed by atoms with Crippen LogP contribution < -0.4 is 15.8 Å².